The SMILES string of the molecule is C=CC=C.Cc1cc(C)c(-c2ccc3oc4c(-c5ccc(-c6nnc7c8ccccc8ccn67)cc5)cc(-c5c(C)cc(C)cc5C)cc4c3c2)c(C)c1. The first-order chi connectivity index (χ1) is 26.1. The summed E-state index contributed by atoms with van der Waals surface area (Å²) in [5, 5.41) is 13.7. The number of aromatic nitrogens is 3. The Labute approximate surface area is 316 Å². The van der Waals surface area contributed by atoms with Crippen LogP contribution < -0.4 is 0 Å². The van der Waals surface area contributed by atoms with Gasteiger partial charge in [0, 0.05) is 33.5 Å². The summed E-state index contributed by atoms with van der Waals surface area (Å²) in [6, 6.07) is 39.5. The van der Waals surface area contributed by atoms with Gasteiger partial charge in [0.2, 0.25) is 0 Å². The highest BCUT2D eigenvalue weighted by Crippen LogP contribution is 2.43. The molecular weight excluding hydrogens is 659 g/mol. The van der Waals surface area contributed by atoms with Gasteiger partial charge in [-0.15, -0.1) is 10.2 Å². The van der Waals surface area contributed by atoms with Crippen LogP contribution >= 0.6 is 0 Å². The van der Waals surface area contributed by atoms with E-state index in [4.69, 9.17) is 4.42 Å². The number of pyridine rings is 1. The van der Waals surface area contributed by atoms with E-state index in [1.807, 2.05) is 6.07 Å². The van der Waals surface area contributed by atoms with Crippen molar-refractivity contribution in [3.8, 4) is 44.8 Å². The molecule has 6 aromatic carbocycles. The minimum Gasteiger partial charge on any atom is -0.455 e. The van der Waals surface area contributed by atoms with Crippen LogP contribution in [0.25, 0.3) is 83.1 Å². The lowest BCUT2D eigenvalue weighted by atomic mass is 9.89. The van der Waals surface area contributed by atoms with E-state index in [2.05, 4.69) is 179 Å². The van der Waals surface area contributed by atoms with E-state index in [0.29, 0.717) is 0 Å². The van der Waals surface area contributed by atoms with E-state index < -0.39 is 0 Å². The maximum absolute atomic E-state index is 6.75. The molecule has 54 heavy (non-hydrogen) atoms. The zero-order valence-electron chi connectivity index (χ0n) is 31.8. The topological polar surface area (TPSA) is 43.3 Å². The third-order valence-corrected chi connectivity index (χ3v) is 10.4. The van der Waals surface area contributed by atoms with Crippen LogP contribution in [0.3, 0.4) is 0 Å². The molecule has 0 saturated carbocycles. The van der Waals surface area contributed by atoms with Gasteiger partial charge in [0.05, 0.1) is 0 Å². The lowest BCUT2D eigenvalue weighted by molar-refractivity contribution is 0.670. The third-order valence-electron chi connectivity index (χ3n) is 10.4. The van der Waals surface area contributed by atoms with E-state index in [-0.39, 0.29) is 0 Å². The molecule has 0 N–H and O–H groups in total. The Morgan fingerprint density at radius 1 is 0.537 bits per heavy atom. The molecule has 0 atom stereocenters. The van der Waals surface area contributed by atoms with Crippen LogP contribution in [0.2, 0.25) is 0 Å². The van der Waals surface area contributed by atoms with E-state index in [1.165, 1.54) is 55.6 Å². The highest BCUT2D eigenvalue weighted by molar-refractivity contribution is 6.12. The Morgan fingerprint density at radius 3 is 1.76 bits per heavy atom. The van der Waals surface area contributed by atoms with E-state index in [0.717, 1.165) is 60.9 Å². The fourth-order valence-electron chi connectivity index (χ4n) is 8.28. The van der Waals surface area contributed by atoms with Crippen LogP contribution in [-0.2, 0) is 0 Å². The van der Waals surface area contributed by atoms with E-state index in [1.54, 1.807) is 12.2 Å². The van der Waals surface area contributed by atoms with Gasteiger partial charge in [-0.2, -0.15) is 0 Å². The molecule has 0 bridgehead atoms. The summed E-state index contributed by atoms with van der Waals surface area (Å²) in [5.74, 6) is 0.820. The zero-order chi connectivity index (χ0) is 37.7. The first-order valence-electron chi connectivity index (χ1n) is 18.4. The summed E-state index contributed by atoms with van der Waals surface area (Å²) in [4.78, 5) is 0. The maximum Gasteiger partial charge on any atom is 0.168 e. The molecule has 9 aromatic rings. The predicted octanol–water partition coefficient (Wildman–Crippen LogP) is 13.7. The van der Waals surface area contributed by atoms with E-state index in [9.17, 15) is 0 Å². The van der Waals surface area contributed by atoms with Crippen LogP contribution in [0, 0.1) is 41.5 Å². The Balaban J connectivity index is 0.000000987. The number of hydrogen-bond acceptors (Lipinski definition) is 3. The van der Waals surface area contributed by atoms with Crippen molar-refractivity contribution in [1.29, 1.82) is 0 Å². The number of rotatable bonds is 5. The lowest BCUT2D eigenvalue weighted by Crippen LogP contribution is -1.92. The van der Waals surface area contributed by atoms with Crippen LogP contribution in [-0.4, -0.2) is 14.6 Å². The molecule has 0 spiro atoms. The average molecular weight is 702 g/mol. The van der Waals surface area contributed by atoms with Gasteiger partial charge in [-0.25, -0.2) is 0 Å². The second-order valence-electron chi connectivity index (χ2n) is 14.4. The molecular formula is C50H43N3O. The van der Waals surface area contributed by atoms with Gasteiger partial charge in [0.25, 0.3) is 0 Å². The van der Waals surface area contributed by atoms with Crippen molar-refractivity contribution in [2.75, 3.05) is 0 Å². The molecule has 3 heterocycles. The predicted molar refractivity (Wildman–Crippen MR) is 228 cm³/mol. The van der Waals surface area contributed by atoms with Crippen molar-refractivity contribution < 1.29 is 4.42 Å². The summed E-state index contributed by atoms with van der Waals surface area (Å²) in [7, 11) is 0. The fourth-order valence-corrected chi connectivity index (χ4v) is 8.28. The molecule has 0 amide bonds. The molecule has 0 unspecified atom stereocenters. The van der Waals surface area contributed by atoms with Crippen molar-refractivity contribution >= 4 is 38.4 Å². The van der Waals surface area contributed by atoms with Crippen LogP contribution in [0.4, 0.5) is 0 Å². The molecule has 0 aliphatic heterocycles. The Hall–Kier alpha value is -6.52. The van der Waals surface area contributed by atoms with Crippen molar-refractivity contribution in [2.45, 2.75) is 41.5 Å². The second kappa shape index (κ2) is 13.8. The summed E-state index contributed by atoms with van der Waals surface area (Å²) in [6.07, 6.45) is 5.34. The maximum atomic E-state index is 6.75. The third kappa shape index (κ3) is 6.00. The quantitative estimate of drug-likeness (QED) is 0.168. The normalized spacial score (nSPS) is 11.3. The number of furan rings is 1. The average Bonchev–Trinajstić information content (AvgIpc) is 3.76. The fraction of sp³-hybridized carbons (Fsp3) is 0.120. The van der Waals surface area contributed by atoms with Gasteiger partial charge in [0.1, 0.15) is 11.2 Å². The smallest absolute Gasteiger partial charge is 0.168 e. The van der Waals surface area contributed by atoms with Crippen LogP contribution in [0.1, 0.15) is 33.4 Å². The Morgan fingerprint density at radius 2 is 1.11 bits per heavy atom. The zero-order valence-corrected chi connectivity index (χ0v) is 31.8. The summed E-state index contributed by atoms with van der Waals surface area (Å²) < 4.78 is 8.83. The molecule has 0 aliphatic carbocycles. The summed E-state index contributed by atoms with van der Waals surface area (Å²) in [5.41, 5.74) is 18.5. The molecule has 4 nitrogen and oxygen atoms in total. The molecule has 3 aromatic heterocycles. The van der Waals surface area contributed by atoms with Crippen LogP contribution in [0.15, 0.2) is 145 Å². The summed E-state index contributed by atoms with van der Waals surface area (Å²) in [6.45, 7) is 19.9. The molecule has 0 fully saturated rings. The molecule has 0 saturated heterocycles. The molecule has 9 rings (SSSR count). The largest absolute Gasteiger partial charge is 0.455 e. The number of hydrogen-bond donors (Lipinski definition) is 0. The molecule has 0 radical (unpaired) electrons. The molecule has 0 aliphatic rings. The van der Waals surface area contributed by atoms with Gasteiger partial charge >= 0.3 is 0 Å². The van der Waals surface area contributed by atoms with Gasteiger partial charge < -0.3 is 4.42 Å². The van der Waals surface area contributed by atoms with Gasteiger partial charge in [-0.1, -0.05) is 115 Å². The first kappa shape index (κ1) is 34.6. The van der Waals surface area contributed by atoms with E-state index >= 15 is 0 Å². The van der Waals surface area contributed by atoms with Gasteiger partial charge in [-0.05, 0) is 127 Å². The first-order valence-corrected chi connectivity index (χ1v) is 18.4. The number of fused-ring (bicyclic) bond motifs is 6. The van der Waals surface area contributed by atoms with Gasteiger partial charge in [0.15, 0.2) is 11.5 Å². The molecule has 4 heteroatoms. The highest BCUT2D eigenvalue weighted by atomic mass is 16.3. The summed E-state index contributed by atoms with van der Waals surface area (Å²) >= 11 is 0. The van der Waals surface area contributed by atoms with Crippen molar-refractivity contribution in [3.63, 3.8) is 0 Å². The van der Waals surface area contributed by atoms with Crippen LogP contribution in [0.5, 0.6) is 0 Å². The van der Waals surface area contributed by atoms with Crippen molar-refractivity contribution in [1.82, 2.24) is 14.6 Å². The number of nitrogens with zero attached hydrogens (tertiary/aromatic N) is 3. The van der Waals surface area contributed by atoms with Gasteiger partial charge in [-0.3, -0.25) is 4.40 Å². The number of benzene rings is 6. The van der Waals surface area contributed by atoms with Crippen molar-refractivity contribution in [2.24, 2.45) is 0 Å². The monoisotopic (exact) mass is 701 g/mol. The van der Waals surface area contributed by atoms with Crippen molar-refractivity contribution in [3.05, 3.63) is 174 Å². The minimum absolute atomic E-state index is 0.820. The lowest BCUT2D eigenvalue weighted by Gasteiger charge is -2.14. The number of aryl methyl sites for hydroxylation is 6. The molecule has 264 valence electrons. The standard InChI is InChI=1S/C46H37N3O.C4H6/c1-26-19-28(3)42(29(4)20-26)35-15-16-41-39(23-35)40-25-36(43-30(5)21-27(2)22-31(43)6)24-38(44(40)50-41)33-11-13-34(14-12-33)45-47-48-46-37-10-8-7-9-32(37)17-18-49(45)46;1-3-4-2/h7-25H,1-6H3;3-4H,1-2H2. The number of allylic oxidation sites excluding steroid dienone is 2. The Kier molecular flexibility index (Phi) is 8.83. The Bertz CT molecular complexity index is 2870. The highest BCUT2D eigenvalue weighted by Gasteiger charge is 2.19. The minimum atomic E-state index is 0.820. The second-order valence-corrected chi connectivity index (χ2v) is 14.4.